The summed E-state index contributed by atoms with van der Waals surface area (Å²) < 4.78 is 11.6. The minimum Gasteiger partial charge on any atom is -0.419 e. The highest BCUT2D eigenvalue weighted by Crippen LogP contribution is 2.40. The van der Waals surface area contributed by atoms with Gasteiger partial charge in [-0.1, -0.05) is 59.2 Å². The lowest BCUT2D eigenvalue weighted by Crippen LogP contribution is -2.33. The number of aryl methyl sites for hydroxylation is 1. The molecule has 2 rings (SSSR count). The number of rotatable bonds is 9. The lowest BCUT2D eigenvalue weighted by atomic mass is 9.94. The first-order valence-corrected chi connectivity index (χ1v) is 11.7. The molecule has 0 aliphatic heterocycles. The SMILES string of the molecule is CCCc1ccc(C(=O)Oc2c(OC(=O)N(CC)CC)cc(C(C)C)cc2C(C)C)cc1. The standard InChI is InChI=1S/C27H37NO4/c1-8-11-20-12-14-21(15-13-20)26(29)32-25-23(19(6)7)16-22(18(4)5)17-24(25)31-27(30)28(9-2)10-3/h12-19H,8-11H2,1-7H3. The van der Waals surface area contributed by atoms with Gasteiger partial charge in [-0.25, -0.2) is 9.59 Å². The maximum atomic E-state index is 13.0. The van der Waals surface area contributed by atoms with Crippen LogP contribution in [0.4, 0.5) is 4.79 Å². The third-order valence-corrected chi connectivity index (χ3v) is 5.54. The van der Waals surface area contributed by atoms with E-state index >= 15 is 0 Å². The number of carbonyl (C=O) groups is 2. The van der Waals surface area contributed by atoms with E-state index in [-0.39, 0.29) is 17.6 Å². The maximum Gasteiger partial charge on any atom is 0.415 e. The largest absolute Gasteiger partial charge is 0.419 e. The highest BCUT2D eigenvalue weighted by molar-refractivity contribution is 5.91. The number of nitrogens with zero attached hydrogens (tertiary/aromatic N) is 1. The van der Waals surface area contributed by atoms with Gasteiger partial charge in [-0.2, -0.15) is 0 Å². The van der Waals surface area contributed by atoms with Crippen molar-refractivity contribution in [3.05, 3.63) is 58.7 Å². The van der Waals surface area contributed by atoms with Crippen molar-refractivity contribution in [3.8, 4) is 11.5 Å². The van der Waals surface area contributed by atoms with Gasteiger partial charge < -0.3 is 14.4 Å². The fraction of sp³-hybridized carbons (Fsp3) is 0.481. The minimum absolute atomic E-state index is 0.0781. The van der Waals surface area contributed by atoms with E-state index in [0.29, 0.717) is 24.4 Å². The number of carbonyl (C=O) groups excluding carboxylic acids is 2. The lowest BCUT2D eigenvalue weighted by Gasteiger charge is -2.22. The number of esters is 1. The van der Waals surface area contributed by atoms with E-state index in [1.807, 2.05) is 52.0 Å². The van der Waals surface area contributed by atoms with Gasteiger partial charge in [0.25, 0.3) is 0 Å². The van der Waals surface area contributed by atoms with Crippen LogP contribution in [0.25, 0.3) is 0 Å². The topological polar surface area (TPSA) is 55.8 Å². The van der Waals surface area contributed by atoms with Crippen LogP contribution in [-0.2, 0) is 6.42 Å². The molecule has 0 atom stereocenters. The molecular formula is C27H37NO4. The lowest BCUT2D eigenvalue weighted by molar-refractivity contribution is 0.0725. The Bertz CT molecular complexity index is 912. The van der Waals surface area contributed by atoms with Crippen molar-refractivity contribution >= 4 is 12.1 Å². The monoisotopic (exact) mass is 439 g/mol. The Hall–Kier alpha value is -2.82. The quantitative estimate of drug-likeness (QED) is 0.313. The first-order valence-electron chi connectivity index (χ1n) is 11.7. The Morgan fingerprint density at radius 2 is 1.50 bits per heavy atom. The zero-order valence-corrected chi connectivity index (χ0v) is 20.5. The fourth-order valence-corrected chi connectivity index (χ4v) is 3.48. The van der Waals surface area contributed by atoms with E-state index in [2.05, 4.69) is 20.8 Å². The summed E-state index contributed by atoms with van der Waals surface area (Å²) in [7, 11) is 0. The van der Waals surface area contributed by atoms with E-state index in [9.17, 15) is 9.59 Å². The first kappa shape index (κ1) is 25.4. The summed E-state index contributed by atoms with van der Waals surface area (Å²) in [4.78, 5) is 27.3. The second-order valence-corrected chi connectivity index (χ2v) is 8.62. The Labute approximate surface area is 192 Å². The average Bonchev–Trinajstić information content (AvgIpc) is 2.75. The zero-order valence-electron chi connectivity index (χ0n) is 20.5. The zero-order chi connectivity index (χ0) is 23.8. The van der Waals surface area contributed by atoms with Crippen LogP contribution in [0.15, 0.2) is 36.4 Å². The molecule has 0 aliphatic rings. The molecule has 0 saturated heterocycles. The Kier molecular flexibility index (Phi) is 9.30. The van der Waals surface area contributed by atoms with E-state index in [0.717, 1.165) is 24.0 Å². The number of benzene rings is 2. The molecule has 5 nitrogen and oxygen atoms in total. The van der Waals surface area contributed by atoms with Crippen LogP contribution in [0.3, 0.4) is 0 Å². The Morgan fingerprint density at radius 1 is 0.875 bits per heavy atom. The predicted molar refractivity (Wildman–Crippen MR) is 129 cm³/mol. The van der Waals surface area contributed by atoms with E-state index in [4.69, 9.17) is 9.47 Å². The van der Waals surface area contributed by atoms with Crippen LogP contribution in [-0.4, -0.2) is 30.1 Å². The minimum atomic E-state index is -0.465. The normalized spacial score (nSPS) is 11.0. The molecule has 32 heavy (non-hydrogen) atoms. The van der Waals surface area contributed by atoms with Gasteiger partial charge in [-0.05, 0) is 61.4 Å². The van der Waals surface area contributed by atoms with Gasteiger partial charge in [0.2, 0.25) is 0 Å². The third kappa shape index (κ3) is 6.35. The van der Waals surface area contributed by atoms with Gasteiger partial charge in [0.1, 0.15) is 0 Å². The maximum absolute atomic E-state index is 13.0. The molecular weight excluding hydrogens is 402 g/mol. The molecule has 5 heteroatoms. The van der Waals surface area contributed by atoms with Crippen molar-refractivity contribution in [2.24, 2.45) is 0 Å². The van der Waals surface area contributed by atoms with E-state index in [1.54, 1.807) is 17.0 Å². The smallest absolute Gasteiger partial charge is 0.415 e. The van der Waals surface area contributed by atoms with Gasteiger partial charge in [-0.3, -0.25) is 0 Å². The number of ether oxygens (including phenoxy) is 2. The van der Waals surface area contributed by atoms with Crippen LogP contribution in [0, 0.1) is 0 Å². The van der Waals surface area contributed by atoms with Crippen molar-refractivity contribution in [2.45, 2.75) is 73.1 Å². The summed E-state index contributed by atoms with van der Waals surface area (Å²) in [5, 5.41) is 0. The summed E-state index contributed by atoms with van der Waals surface area (Å²) in [6.45, 7) is 15.2. The molecule has 0 aliphatic carbocycles. The molecule has 0 fully saturated rings. The van der Waals surface area contributed by atoms with Gasteiger partial charge in [0.05, 0.1) is 5.56 Å². The molecule has 1 amide bonds. The molecule has 0 unspecified atom stereocenters. The van der Waals surface area contributed by atoms with Crippen molar-refractivity contribution in [1.29, 1.82) is 0 Å². The van der Waals surface area contributed by atoms with Crippen LogP contribution >= 0.6 is 0 Å². The highest BCUT2D eigenvalue weighted by Gasteiger charge is 2.24. The van der Waals surface area contributed by atoms with Crippen LogP contribution < -0.4 is 9.47 Å². The molecule has 0 saturated carbocycles. The summed E-state index contributed by atoms with van der Waals surface area (Å²) >= 11 is 0. The molecule has 0 N–H and O–H groups in total. The van der Waals surface area contributed by atoms with Crippen LogP contribution in [0.1, 0.15) is 93.8 Å². The molecule has 2 aromatic rings. The average molecular weight is 440 g/mol. The molecule has 0 spiro atoms. The van der Waals surface area contributed by atoms with Crippen LogP contribution in [0.5, 0.6) is 11.5 Å². The molecule has 0 radical (unpaired) electrons. The molecule has 0 bridgehead atoms. The second-order valence-electron chi connectivity index (χ2n) is 8.62. The molecule has 0 heterocycles. The molecule has 0 aromatic heterocycles. The summed E-state index contributed by atoms with van der Waals surface area (Å²) in [5.74, 6) is 0.441. The van der Waals surface area contributed by atoms with Gasteiger partial charge in [0, 0.05) is 18.7 Å². The number of amides is 1. The predicted octanol–water partition coefficient (Wildman–Crippen LogP) is 6.95. The third-order valence-electron chi connectivity index (χ3n) is 5.54. The summed E-state index contributed by atoms with van der Waals surface area (Å²) in [6, 6.07) is 11.3. The van der Waals surface area contributed by atoms with Gasteiger partial charge in [0.15, 0.2) is 11.5 Å². The van der Waals surface area contributed by atoms with E-state index in [1.165, 1.54) is 5.56 Å². The van der Waals surface area contributed by atoms with Crippen molar-refractivity contribution < 1.29 is 19.1 Å². The van der Waals surface area contributed by atoms with Crippen LogP contribution in [0.2, 0.25) is 0 Å². The second kappa shape index (κ2) is 11.7. The van der Waals surface area contributed by atoms with Gasteiger partial charge in [-0.15, -0.1) is 0 Å². The molecule has 2 aromatic carbocycles. The number of hydrogen-bond acceptors (Lipinski definition) is 4. The summed E-state index contributed by atoms with van der Waals surface area (Å²) in [6.07, 6.45) is 1.56. The molecule has 174 valence electrons. The Balaban J connectivity index is 2.47. The number of hydrogen-bond donors (Lipinski definition) is 0. The highest BCUT2D eigenvalue weighted by atomic mass is 16.6. The fourth-order valence-electron chi connectivity index (χ4n) is 3.48. The summed E-state index contributed by atoms with van der Waals surface area (Å²) in [5.41, 5.74) is 3.52. The van der Waals surface area contributed by atoms with Crippen molar-refractivity contribution in [2.75, 3.05) is 13.1 Å². The first-order chi connectivity index (χ1) is 15.2. The van der Waals surface area contributed by atoms with Gasteiger partial charge >= 0.3 is 12.1 Å². The van der Waals surface area contributed by atoms with Crippen molar-refractivity contribution in [1.82, 2.24) is 4.90 Å². The Morgan fingerprint density at radius 3 is 2.00 bits per heavy atom. The van der Waals surface area contributed by atoms with E-state index < -0.39 is 12.1 Å². The van der Waals surface area contributed by atoms with Crippen molar-refractivity contribution in [3.63, 3.8) is 0 Å².